The van der Waals surface area contributed by atoms with Crippen molar-refractivity contribution in [3.05, 3.63) is 40.6 Å². The first-order valence-electron chi connectivity index (χ1n) is 17.2. The molecule has 3 aliphatic heterocycles. The van der Waals surface area contributed by atoms with E-state index in [9.17, 15) is 55.9 Å². The summed E-state index contributed by atoms with van der Waals surface area (Å²) in [5.41, 5.74) is -0.961. The number of aromatic hydroxyl groups is 2. The number of hydrogen-bond acceptors (Lipinski definition) is 20. The Bertz CT molecular complexity index is 1870. The van der Waals surface area contributed by atoms with Crippen molar-refractivity contribution in [2.75, 3.05) is 20.8 Å². The molecule has 0 spiro atoms. The van der Waals surface area contributed by atoms with Gasteiger partial charge in [0.05, 0.1) is 33.0 Å². The third-order valence-corrected chi connectivity index (χ3v) is 9.79. The lowest BCUT2D eigenvalue weighted by Gasteiger charge is -2.46. The first-order chi connectivity index (χ1) is 26.1. The third-order valence-electron chi connectivity index (χ3n) is 9.79. The van der Waals surface area contributed by atoms with Crippen molar-refractivity contribution < 1.29 is 93.4 Å². The van der Waals surface area contributed by atoms with Crippen LogP contribution in [0, 0.1) is 0 Å². The van der Waals surface area contributed by atoms with E-state index >= 15 is 0 Å². The average Bonchev–Trinajstić information content (AvgIpc) is 3.16. The molecule has 0 unspecified atom stereocenters. The van der Waals surface area contributed by atoms with E-state index in [0.29, 0.717) is 0 Å². The summed E-state index contributed by atoms with van der Waals surface area (Å²) in [5.74, 6) is -1.57. The molecule has 20 heteroatoms. The third kappa shape index (κ3) is 7.79. The fourth-order valence-electron chi connectivity index (χ4n) is 6.53. The van der Waals surface area contributed by atoms with Crippen molar-refractivity contribution in [2.24, 2.45) is 0 Å². The van der Waals surface area contributed by atoms with Crippen LogP contribution in [0.3, 0.4) is 0 Å². The largest absolute Gasteiger partial charge is 0.507 e. The second kappa shape index (κ2) is 16.3. The Hall–Kier alpha value is -3.87. The molecule has 3 fully saturated rings. The standard InChI is InChI=1S/C35H44O20/c1-11-21(38)25(42)27(44)34(51-11)54-31-22(39)12(2)50-33(29(31)46)49-10-19-23(40)26(43)28(45)35(53-19)55-32-24(41)20-16(37)8-14(47-3)9-18(20)52-30(32)13-5-6-15(36)17(7-13)48-4/h5-9,11-12,19,21-23,25-29,31,33-40,42-46H,10H2,1-4H3/t11-,12-,19+,21+,22-,23-,25-,26-,27+,28-,29-,31-,33-,34-,35-/m1/s1. The molecule has 2 aromatic carbocycles. The fourth-order valence-corrected chi connectivity index (χ4v) is 6.53. The number of aliphatic hydroxyl groups excluding tert-OH is 8. The number of benzene rings is 2. The summed E-state index contributed by atoms with van der Waals surface area (Å²) in [6, 6.07) is 6.41. The van der Waals surface area contributed by atoms with Crippen LogP contribution in [-0.2, 0) is 23.7 Å². The molecule has 0 saturated carbocycles. The smallest absolute Gasteiger partial charge is 0.239 e. The predicted molar refractivity (Wildman–Crippen MR) is 181 cm³/mol. The van der Waals surface area contributed by atoms with E-state index < -0.39 is 116 Å². The maximum atomic E-state index is 14.0. The molecule has 4 heterocycles. The Morgan fingerprint density at radius 1 is 0.673 bits per heavy atom. The van der Waals surface area contributed by atoms with Crippen molar-refractivity contribution in [1.29, 1.82) is 0 Å². The molecule has 3 aliphatic rings. The maximum Gasteiger partial charge on any atom is 0.239 e. The molecule has 20 nitrogen and oxygen atoms in total. The van der Waals surface area contributed by atoms with Gasteiger partial charge in [-0.2, -0.15) is 0 Å². The van der Waals surface area contributed by atoms with Gasteiger partial charge >= 0.3 is 0 Å². The highest BCUT2D eigenvalue weighted by Crippen LogP contribution is 2.40. The lowest BCUT2D eigenvalue weighted by molar-refractivity contribution is -0.358. The van der Waals surface area contributed by atoms with Gasteiger partial charge in [0.25, 0.3) is 0 Å². The van der Waals surface area contributed by atoms with E-state index in [-0.39, 0.29) is 39.5 Å². The van der Waals surface area contributed by atoms with Gasteiger partial charge < -0.3 is 93.4 Å². The predicted octanol–water partition coefficient (Wildman–Crippen LogP) is -2.23. The number of fused-ring (bicyclic) bond motifs is 1. The number of methoxy groups -OCH3 is 2. The molecule has 10 N–H and O–H groups in total. The first-order valence-corrected chi connectivity index (χ1v) is 17.2. The minimum atomic E-state index is -1.99. The van der Waals surface area contributed by atoms with E-state index in [4.69, 9.17) is 42.3 Å². The van der Waals surface area contributed by atoms with Crippen molar-refractivity contribution in [3.8, 4) is 40.1 Å². The molecule has 3 saturated heterocycles. The van der Waals surface area contributed by atoms with E-state index in [1.54, 1.807) is 0 Å². The fraction of sp³-hybridized carbons (Fsp3) is 0.571. The van der Waals surface area contributed by atoms with Crippen LogP contribution < -0.4 is 19.6 Å². The Kier molecular flexibility index (Phi) is 12.1. The topological polar surface area (TPSA) is 306 Å². The Morgan fingerprint density at radius 2 is 1.33 bits per heavy atom. The molecule has 304 valence electrons. The summed E-state index contributed by atoms with van der Waals surface area (Å²) in [5, 5.41) is 106. The lowest BCUT2D eigenvalue weighted by Crippen LogP contribution is -2.64. The van der Waals surface area contributed by atoms with Crippen LogP contribution >= 0.6 is 0 Å². The van der Waals surface area contributed by atoms with Crippen molar-refractivity contribution in [3.63, 3.8) is 0 Å². The van der Waals surface area contributed by atoms with E-state index in [1.807, 2.05) is 0 Å². The number of phenols is 2. The molecule has 55 heavy (non-hydrogen) atoms. The number of phenolic OH excluding ortho intramolecular Hbond substituents is 2. The van der Waals surface area contributed by atoms with Crippen LogP contribution in [0.15, 0.2) is 39.5 Å². The molecule has 0 radical (unpaired) electrons. The maximum absolute atomic E-state index is 14.0. The molecule has 1 aromatic heterocycles. The van der Waals surface area contributed by atoms with Crippen LogP contribution in [0.25, 0.3) is 22.3 Å². The Morgan fingerprint density at radius 3 is 2.02 bits per heavy atom. The zero-order chi connectivity index (χ0) is 40.0. The van der Waals surface area contributed by atoms with Gasteiger partial charge in [0.2, 0.25) is 17.5 Å². The highest BCUT2D eigenvalue weighted by Gasteiger charge is 2.51. The van der Waals surface area contributed by atoms with Gasteiger partial charge in [-0.25, -0.2) is 0 Å². The average molecular weight is 785 g/mol. The first kappa shape index (κ1) is 40.8. The number of aliphatic hydroxyl groups is 8. The van der Waals surface area contributed by atoms with Crippen LogP contribution in [-0.4, -0.2) is 164 Å². The summed E-state index contributed by atoms with van der Waals surface area (Å²) >= 11 is 0. The van der Waals surface area contributed by atoms with E-state index in [2.05, 4.69) is 0 Å². The van der Waals surface area contributed by atoms with E-state index in [1.165, 1.54) is 52.3 Å². The molecule has 0 bridgehead atoms. The number of ether oxygens (including phenoxy) is 8. The van der Waals surface area contributed by atoms with Gasteiger partial charge in [0.15, 0.2) is 29.8 Å². The zero-order valence-corrected chi connectivity index (χ0v) is 29.8. The summed E-state index contributed by atoms with van der Waals surface area (Å²) in [6.07, 6.45) is -24.2. The Balaban J connectivity index is 1.25. The zero-order valence-electron chi connectivity index (χ0n) is 29.8. The van der Waals surface area contributed by atoms with Gasteiger partial charge in [-0.15, -0.1) is 0 Å². The van der Waals surface area contributed by atoms with Crippen molar-refractivity contribution in [2.45, 2.75) is 106 Å². The van der Waals surface area contributed by atoms with Gasteiger partial charge in [0.1, 0.15) is 83.5 Å². The van der Waals surface area contributed by atoms with Gasteiger partial charge in [0, 0.05) is 17.7 Å². The SMILES string of the molecule is COc1cc(O)c2c(=O)c(O[C@H]3O[C@@H](CO[C@@H]4O[C@H](C)[C@@H](O)[C@@H](O[C@H]5O[C@H](C)[C@H](O)[C@@H](O)[C@@H]5O)[C@H]4O)[C@@H](O)[C@@H](O)[C@H]3O)c(-c3ccc(O)c(OC)c3)oc2c1. The van der Waals surface area contributed by atoms with E-state index in [0.717, 1.165) is 6.07 Å². The van der Waals surface area contributed by atoms with Crippen LogP contribution in [0.5, 0.6) is 28.7 Å². The molecule has 0 aliphatic carbocycles. The van der Waals surface area contributed by atoms with Crippen LogP contribution in [0.2, 0.25) is 0 Å². The highest BCUT2D eigenvalue weighted by atomic mass is 16.7. The van der Waals surface area contributed by atoms with Gasteiger partial charge in [-0.3, -0.25) is 4.79 Å². The Labute approximate surface area is 311 Å². The van der Waals surface area contributed by atoms with Crippen LogP contribution in [0.4, 0.5) is 0 Å². The number of hydrogen-bond donors (Lipinski definition) is 10. The van der Waals surface area contributed by atoms with Crippen LogP contribution in [0.1, 0.15) is 13.8 Å². The lowest BCUT2D eigenvalue weighted by atomic mass is 9.97. The monoisotopic (exact) mass is 784 g/mol. The quantitative estimate of drug-likeness (QED) is 0.104. The minimum Gasteiger partial charge on any atom is -0.507 e. The minimum absolute atomic E-state index is 0.0145. The second-order valence-electron chi connectivity index (χ2n) is 13.4. The van der Waals surface area contributed by atoms with Crippen molar-refractivity contribution >= 4 is 11.0 Å². The molecular weight excluding hydrogens is 740 g/mol. The number of rotatable bonds is 10. The van der Waals surface area contributed by atoms with Gasteiger partial charge in [-0.05, 0) is 32.0 Å². The van der Waals surface area contributed by atoms with Crippen molar-refractivity contribution in [1.82, 2.24) is 0 Å². The highest BCUT2D eigenvalue weighted by molar-refractivity contribution is 5.88. The normalized spacial score (nSPS) is 36.8. The summed E-state index contributed by atoms with van der Waals surface area (Å²) in [6.45, 7) is 2.17. The molecule has 15 atom stereocenters. The molecular formula is C35H44O20. The molecule has 0 amide bonds. The molecule has 3 aromatic rings. The second-order valence-corrected chi connectivity index (χ2v) is 13.4. The summed E-state index contributed by atoms with van der Waals surface area (Å²) in [4.78, 5) is 14.0. The summed E-state index contributed by atoms with van der Waals surface area (Å²) in [7, 11) is 2.62. The summed E-state index contributed by atoms with van der Waals surface area (Å²) < 4.78 is 50.4. The van der Waals surface area contributed by atoms with Gasteiger partial charge in [-0.1, -0.05) is 0 Å². The molecule has 6 rings (SSSR count).